The van der Waals surface area contributed by atoms with Gasteiger partial charge in [-0.3, -0.25) is 14.9 Å². The lowest BCUT2D eigenvalue weighted by Crippen LogP contribution is -2.45. The van der Waals surface area contributed by atoms with Crippen molar-refractivity contribution in [1.82, 2.24) is 15.5 Å². The molecular formula is C23H24N4O4S. The van der Waals surface area contributed by atoms with Crippen molar-refractivity contribution in [2.24, 2.45) is 5.92 Å². The van der Waals surface area contributed by atoms with Crippen LogP contribution >= 0.6 is 11.3 Å². The third-order valence-electron chi connectivity index (χ3n) is 4.80. The summed E-state index contributed by atoms with van der Waals surface area (Å²) in [4.78, 5) is 25.4. The molecule has 1 aliphatic rings. The van der Waals surface area contributed by atoms with Gasteiger partial charge in [-0.25, -0.2) is 0 Å². The van der Waals surface area contributed by atoms with Crippen molar-refractivity contribution >= 4 is 28.3 Å². The van der Waals surface area contributed by atoms with Crippen LogP contribution in [0, 0.1) is 5.92 Å². The number of rotatable bonds is 8. The van der Waals surface area contributed by atoms with Gasteiger partial charge in [0.1, 0.15) is 11.0 Å². The molecule has 9 heteroatoms. The lowest BCUT2D eigenvalue weighted by atomic mass is 10.0. The Morgan fingerprint density at radius 2 is 1.84 bits per heavy atom. The van der Waals surface area contributed by atoms with E-state index in [0.29, 0.717) is 34.5 Å². The monoisotopic (exact) mass is 452 g/mol. The number of hydrogen-bond acceptors (Lipinski definition) is 7. The van der Waals surface area contributed by atoms with Crippen LogP contribution in [0.3, 0.4) is 0 Å². The molecule has 0 radical (unpaired) electrons. The van der Waals surface area contributed by atoms with E-state index in [-0.39, 0.29) is 24.5 Å². The van der Waals surface area contributed by atoms with E-state index in [4.69, 9.17) is 9.47 Å². The van der Waals surface area contributed by atoms with Crippen molar-refractivity contribution in [3.63, 3.8) is 0 Å². The molecule has 0 saturated carbocycles. The minimum absolute atomic E-state index is 0.158. The Kier molecular flexibility index (Phi) is 6.65. The molecule has 4 rings (SSSR count). The molecule has 0 spiro atoms. The van der Waals surface area contributed by atoms with Crippen LogP contribution in [0.15, 0.2) is 48.5 Å². The zero-order chi connectivity index (χ0) is 22.5. The van der Waals surface area contributed by atoms with Gasteiger partial charge in [-0.1, -0.05) is 55.5 Å². The van der Waals surface area contributed by atoms with E-state index in [1.165, 1.54) is 11.3 Å². The van der Waals surface area contributed by atoms with Crippen LogP contribution in [0.2, 0.25) is 0 Å². The van der Waals surface area contributed by atoms with Gasteiger partial charge in [-0.2, -0.15) is 0 Å². The number of aromatic nitrogens is 2. The zero-order valence-corrected chi connectivity index (χ0v) is 18.6. The van der Waals surface area contributed by atoms with Crippen LogP contribution in [0.1, 0.15) is 25.8 Å². The summed E-state index contributed by atoms with van der Waals surface area (Å²) in [5.41, 5.74) is 1.77. The summed E-state index contributed by atoms with van der Waals surface area (Å²) in [6.45, 7) is 4.12. The molecule has 166 valence electrons. The first-order valence-electron chi connectivity index (χ1n) is 10.4. The van der Waals surface area contributed by atoms with Crippen LogP contribution in [-0.4, -0.2) is 34.8 Å². The Bertz CT molecular complexity index is 1100. The molecule has 0 saturated heterocycles. The second-order valence-corrected chi connectivity index (χ2v) is 8.85. The largest absolute Gasteiger partial charge is 0.454 e. The molecule has 1 aromatic heterocycles. The van der Waals surface area contributed by atoms with Gasteiger partial charge in [0, 0.05) is 18.4 Å². The third-order valence-corrected chi connectivity index (χ3v) is 5.69. The highest BCUT2D eigenvalue weighted by Crippen LogP contribution is 2.37. The summed E-state index contributed by atoms with van der Waals surface area (Å²) in [6, 6.07) is 14.4. The quantitative estimate of drug-likeness (QED) is 0.541. The van der Waals surface area contributed by atoms with Crippen LogP contribution in [0.4, 0.5) is 5.13 Å². The average Bonchev–Trinajstić information content (AvgIpc) is 3.42. The van der Waals surface area contributed by atoms with E-state index in [9.17, 15) is 9.59 Å². The van der Waals surface area contributed by atoms with E-state index in [2.05, 4.69) is 20.8 Å². The summed E-state index contributed by atoms with van der Waals surface area (Å²) >= 11 is 1.25. The predicted octanol–water partition coefficient (Wildman–Crippen LogP) is 3.65. The van der Waals surface area contributed by atoms with E-state index < -0.39 is 6.04 Å². The number of carbonyl (C=O) groups excluding carboxylic acids is 2. The van der Waals surface area contributed by atoms with Gasteiger partial charge >= 0.3 is 0 Å². The van der Waals surface area contributed by atoms with Crippen molar-refractivity contribution in [1.29, 1.82) is 0 Å². The predicted molar refractivity (Wildman–Crippen MR) is 122 cm³/mol. The average molecular weight is 453 g/mol. The van der Waals surface area contributed by atoms with Gasteiger partial charge in [0.25, 0.3) is 0 Å². The maximum atomic E-state index is 13.0. The summed E-state index contributed by atoms with van der Waals surface area (Å²) in [5, 5.41) is 14.9. The highest BCUT2D eigenvalue weighted by Gasteiger charge is 2.23. The molecule has 1 aliphatic heterocycles. The van der Waals surface area contributed by atoms with Gasteiger partial charge in [0.2, 0.25) is 23.7 Å². The Morgan fingerprint density at radius 3 is 2.62 bits per heavy atom. The van der Waals surface area contributed by atoms with Crippen molar-refractivity contribution < 1.29 is 19.1 Å². The van der Waals surface area contributed by atoms with Crippen molar-refractivity contribution in [3.05, 3.63) is 54.1 Å². The van der Waals surface area contributed by atoms with Gasteiger partial charge in [0.05, 0.1) is 0 Å². The SMILES string of the molecule is CC(C)CC(=O)N[C@H](Cc1ccccc1)C(=O)Nc1nnc(-c2ccc3c(c2)OCO3)s1. The number of nitrogens with zero attached hydrogens (tertiary/aromatic N) is 2. The summed E-state index contributed by atoms with van der Waals surface area (Å²) < 4.78 is 10.7. The Balaban J connectivity index is 1.47. The van der Waals surface area contributed by atoms with E-state index in [1.807, 2.05) is 62.4 Å². The molecule has 32 heavy (non-hydrogen) atoms. The van der Waals surface area contributed by atoms with Crippen LogP contribution < -0.4 is 20.1 Å². The maximum Gasteiger partial charge on any atom is 0.249 e. The van der Waals surface area contributed by atoms with Gasteiger partial charge in [-0.15, -0.1) is 10.2 Å². The van der Waals surface area contributed by atoms with Crippen molar-refractivity contribution in [2.45, 2.75) is 32.7 Å². The molecule has 0 unspecified atom stereocenters. The minimum Gasteiger partial charge on any atom is -0.454 e. The maximum absolute atomic E-state index is 13.0. The normalized spacial score (nSPS) is 13.1. The van der Waals surface area contributed by atoms with Crippen molar-refractivity contribution in [3.8, 4) is 22.1 Å². The fraction of sp³-hybridized carbons (Fsp3) is 0.304. The molecule has 0 aliphatic carbocycles. The van der Waals surface area contributed by atoms with Gasteiger partial charge in [0.15, 0.2) is 11.5 Å². The van der Waals surface area contributed by atoms with Crippen LogP contribution in [0.5, 0.6) is 11.5 Å². The first-order valence-corrected chi connectivity index (χ1v) is 11.2. The number of ether oxygens (including phenoxy) is 2. The topological polar surface area (TPSA) is 102 Å². The molecule has 1 atom stereocenters. The molecule has 2 aromatic carbocycles. The zero-order valence-electron chi connectivity index (χ0n) is 17.8. The smallest absolute Gasteiger partial charge is 0.249 e. The second-order valence-electron chi connectivity index (χ2n) is 7.88. The van der Waals surface area contributed by atoms with E-state index in [1.54, 1.807) is 0 Å². The van der Waals surface area contributed by atoms with Crippen LogP contribution in [0.25, 0.3) is 10.6 Å². The number of fused-ring (bicyclic) bond motifs is 1. The molecule has 0 bridgehead atoms. The molecule has 2 heterocycles. The molecule has 3 aromatic rings. The summed E-state index contributed by atoms with van der Waals surface area (Å²) in [6.07, 6.45) is 0.732. The van der Waals surface area contributed by atoms with Crippen molar-refractivity contribution in [2.75, 3.05) is 12.1 Å². The summed E-state index contributed by atoms with van der Waals surface area (Å²) in [5.74, 6) is 1.04. The number of benzene rings is 2. The second kappa shape index (κ2) is 9.78. The number of carbonyl (C=O) groups is 2. The number of anilines is 1. The first-order chi connectivity index (χ1) is 15.5. The molecule has 8 nitrogen and oxygen atoms in total. The molecule has 2 N–H and O–H groups in total. The van der Waals surface area contributed by atoms with Gasteiger partial charge < -0.3 is 14.8 Å². The highest BCUT2D eigenvalue weighted by atomic mass is 32.1. The van der Waals surface area contributed by atoms with E-state index in [0.717, 1.165) is 11.1 Å². The molecular weight excluding hydrogens is 428 g/mol. The lowest BCUT2D eigenvalue weighted by Gasteiger charge is -2.18. The Morgan fingerprint density at radius 1 is 1.06 bits per heavy atom. The number of amides is 2. The van der Waals surface area contributed by atoms with Gasteiger partial charge in [-0.05, 0) is 29.7 Å². The number of nitrogens with one attached hydrogen (secondary N) is 2. The minimum atomic E-state index is -0.721. The Hall–Kier alpha value is -3.46. The summed E-state index contributed by atoms with van der Waals surface area (Å²) in [7, 11) is 0. The fourth-order valence-electron chi connectivity index (χ4n) is 3.30. The third kappa shape index (κ3) is 5.42. The lowest BCUT2D eigenvalue weighted by molar-refractivity contribution is -0.127. The van der Waals surface area contributed by atoms with Crippen LogP contribution in [-0.2, 0) is 16.0 Å². The highest BCUT2D eigenvalue weighted by molar-refractivity contribution is 7.18. The first kappa shape index (κ1) is 21.8. The fourth-order valence-corrected chi connectivity index (χ4v) is 4.04. The number of hydrogen-bond donors (Lipinski definition) is 2. The standard InChI is InChI=1S/C23H24N4O4S/c1-14(2)10-20(28)24-17(11-15-6-4-3-5-7-15)21(29)25-23-27-26-22(32-23)16-8-9-18-19(12-16)31-13-30-18/h3-9,12,14,17H,10-11,13H2,1-2H3,(H,24,28)(H,25,27,29)/t17-/m1/s1. The van der Waals surface area contributed by atoms with E-state index >= 15 is 0 Å². The Labute approximate surface area is 190 Å². The molecule has 2 amide bonds. The molecule has 0 fully saturated rings.